The topological polar surface area (TPSA) is 90.8 Å². The second kappa shape index (κ2) is 3.23. The third-order valence-corrected chi connectivity index (χ3v) is 3.01. The summed E-state index contributed by atoms with van der Waals surface area (Å²) in [5.41, 5.74) is 3.39. The standard InChI is InChI=1S/C6H16NO3P/c1-5(2)4-6(3,7)11(8,9)10/h5H,4,7H2,1-3H3,(H2,8,9,10)/p-1/t6-/m1/s1. The van der Waals surface area contributed by atoms with E-state index in [1.165, 1.54) is 6.92 Å². The van der Waals surface area contributed by atoms with Crippen LogP contribution in [0.15, 0.2) is 0 Å². The van der Waals surface area contributed by atoms with Crippen LogP contribution in [0.1, 0.15) is 27.2 Å². The minimum atomic E-state index is -4.53. The molecule has 0 aliphatic heterocycles. The molecule has 0 aliphatic rings. The zero-order chi connectivity index (χ0) is 9.28. The molecule has 4 nitrogen and oxygen atoms in total. The van der Waals surface area contributed by atoms with Gasteiger partial charge in [-0.15, -0.1) is 0 Å². The molecule has 0 aromatic rings. The van der Waals surface area contributed by atoms with E-state index in [9.17, 15) is 14.4 Å². The first-order chi connectivity index (χ1) is 4.67. The molecule has 1 atom stereocenters. The molecule has 0 fully saturated rings. The molecule has 0 unspecified atom stereocenters. The molecule has 11 heavy (non-hydrogen) atoms. The van der Waals surface area contributed by atoms with Gasteiger partial charge in [0.2, 0.25) is 0 Å². The minimum Gasteiger partial charge on any atom is -0.806 e. The summed E-state index contributed by atoms with van der Waals surface area (Å²) in [4.78, 5) is 21.2. The van der Waals surface area contributed by atoms with Gasteiger partial charge in [0.25, 0.3) is 0 Å². The fourth-order valence-corrected chi connectivity index (χ4v) is 1.58. The van der Waals surface area contributed by atoms with Crippen molar-refractivity contribution in [1.82, 2.24) is 0 Å². The molecule has 0 bridgehead atoms. The van der Waals surface area contributed by atoms with Crippen LogP contribution >= 0.6 is 7.60 Å². The summed E-state index contributed by atoms with van der Waals surface area (Å²) in [5.74, 6) is 0.175. The van der Waals surface area contributed by atoms with Crippen LogP contribution in [0.2, 0.25) is 0 Å². The smallest absolute Gasteiger partial charge is 0.117 e. The van der Waals surface area contributed by atoms with Crippen molar-refractivity contribution in [2.45, 2.75) is 32.5 Å². The molecule has 0 rings (SSSR count). The third-order valence-electron chi connectivity index (χ3n) is 1.51. The first kappa shape index (κ1) is 11.1. The molecule has 68 valence electrons. The van der Waals surface area contributed by atoms with Crippen LogP contribution < -0.4 is 15.5 Å². The van der Waals surface area contributed by atoms with Crippen LogP contribution in [0, 0.1) is 5.92 Å². The second-order valence-corrected chi connectivity index (χ2v) is 5.67. The van der Waals surface area contributed by atoms with Gasteiger partial charge in [-0.2, -0.15) is 0 Å². The fraction of sp³-hybridized carbons (Fsp3) is 1.00. The van der Waals surface area contributed by atoms with Crippen molar-refractivity contribution < 1.29 is 20.1 Å². The highest BCUT2D eigenvalue weighted by Gasteiger charge is 2.28. The van der Waals surface area contributed by atoms with Crippen molar-refractivity contribution in [1.29, 1.82) is 0 Å². The zero-order valence-electron chi connectivity index (χ0n) is 7.16. The summed E-state index contributed by atoms with van der Waals surface area (Å²) >= 11 is 0. The Morgan fingerprint density at radius 2 is 1.91 bits per heavy atom. The van der Waals surface area contributed by atoms with Crippen LogP contribution in [0.3, 0.4) is 0 Å². The largest absolute Gasteiger partial charge is 0.806 e. The predicted octanol–water partition coefficient (Wildman–Crippen LogP) is -1.10. The Bertz CT molecular complexity index is 173. The van der Waals surface area contributed by atoms with Gasteiger partial charge < -0.3 is 20.1 Å². The summed E-state index contributed by atoms with van der Waals surface area (Å²) in [6, 6.07) is 0. The van der Waals surface area contributed by atoms with Gasteiger partial charge in [0.05, 0.1) is 0 Å². The lowest BCUT2D eigenvalue weighted by atomic mass is 10.1. The molecule has 0 radical (unpaired) electrons. The van der Waals surface area contributed by atoms with Crippen molar-refractivity contribution in [3.63, 3.8) is 0 Å². The molecule has 0 saturated heterocycles. The molecule has 3 N–H and O–H groups in total. The summed E-state index contributed by atoms with van der Waals surface area (Å²) in [7, 11) is -4.53. The van der Waals surface area contributed by atoms with E-state index in [-0.39, 0.29) is 5.92 Å². The second-order valence-electron chi connectivity index (χ2n) is 3.59. The Labute approximate surface area is 67.0 Å². The average molecular weight is 180 g/mol. The summed E-state index contributed by atoms with van der Waals surface area (Å²) in [6.45, 7) is 5.09. The predicted molar refractivity (Wildman–Crippen MR) is 38.4 cm³/mol. The SMILES string of the molecule is CC(C)C[C@](C)([NH3+])P(=O)([O-])[O-]. The van der Waals surface area contributed by atoms with E-state index in [0.717, 1.165) is 0 Å². The molecule has 0 aliphatic carbocycles. The van der Waals surface area contributed by atoms with Gasteiger partial charge in [-0.25, -0.2) is 0 Å². The first-order valence-corrected chi connectivity index (χ1v) is 5.08. The summed E-state index contributed by atoms with van der Waals surface area (Å²) < 4.78 is 10.6. The van der Waals surface area contributed by atoms with Crippen LogP contribution in [0.4, 0.5) is 0 Å². The Kier molecular flexibility index (Phi) is 3.27. The van der Waals surface area contributed by atoms with E-state index >= 15 is 0 Å². The maximum atomic E-state index is 10.6. The summed E-state index contributed by atoms with van der Waals surface area (Å²) in [5, 5.41) is -1.35. The lowest BCUT2D eigenvalue weighted by molar-refractivity contribution is -0.474. The number of hydrogen-bond donors (Lipinski definition) is 1. The fourth-order valence-electron chi connectivity index (χ4n) is 0.991. The van der Waals surface area contributed by atoms with Crippen LogP contribution in [-0.2, 0) is 4.57 Å². The van der Waals surface area contributed by atoms with Crippen molar-refractivity contribution in [3.8, 4) is 0 Å². The minimum absolute atomic E-state index is 0.175. The van der Waals surface area contributed by atoms with Gasteiger partial charge in [-0.05, 0) is 20.4 Å². The van der Waals surface area contributed by atoms with E-state index in [2.05, 4.69) is 5.73 Å². The molecule has 0 aromatic heterocycles. The van der Waals surface area contributed by atoms with Crippen molar-refractivity contribution in [3.05, 3.63) is 0 Å². The Morgan fingerprint density at radius 3 is 2.00 bits per heavy atom. The maximum absolute atomic E-state index is 10.6. The maximum Gasteiger partial charge on any atom is 0.117 e. The molecule has 0 aromatic carbocycles. The van der Waals surface area contributed by atoms with Crippen LogP contribution in [0.25, 0.3) is 0 Å². The lowest BCUT2D eigenvalue weighted by Crippen LogP contribution is -2.73. The van der Waals surface area contributed by atoms with Gasteiger partial charge in [0.1, 0.15) is 5.28 Å². The lowest BCUT2D eigenvalue weighted by Gasteiger charge is -2.42. The monoisotopic (exact) mass is 180 g/mol. The van der Waals surface area contributed by atoms with E-state index in [4.69, 9.17) is 0 Å². The first-order valence-electron chi connectivity index (χ1n) is 3.54. The van der Waals surface area contributed by atoms with Gasteiger partial charge >= 0.3 is 0 Å². The molecule has 0 amide bonds. The summed E-state index contributed by atoms with van der Waals surface area (Å²) in [6.07, 6.45) is 0.317. The van der Waals surface area contributed by atoms with Gasteiger partial charge in [-0.1, -0.05) is 13.8 Å². The van der Waals surface area contributed by atoms with E-state index < -0.39 is 12.9 Å². The highest BCUT2D eigenvalue weighted by atomic mass is 31.2. The molecule has 0 spiro atoms. The van der Waals surface area contributed by atoms with Gasteiger partial charge in [0, 0.05) is 6.42 Å². The highest BCUT2D eigenvalue weighted by Crippen LogP contribution is 2.40. The molecule has 0 saturated carbocycles. The van der Waals surface area contributed by atoms with Gasteiger partial charge in [-0.3, -0.25) is 0 Å². The van der Waals surface area contributed by atoms with Crippen LogP contribution in [0.5, 0.6) is 0 Å². The quantitative estimate of drug-likeness (QED) is 0.559. The molecular formula is C6H15NO3P-. The van der Waals surface area contributed by atoms with Crippen LogP contribution in [-0.4, -0.2) is 5.28 Å². The Hall–Kier alpha value is 0.110. The molecule has 0 heterocycles. The Balaban J connectivity index is 4.35. The Morgan fingerprint density at radius 1 is 1.55 bits per heavy atom. The number of rotatable bonds is 3. The van der Waals surface area contributed by atoms with Crippen molar-refractivity contribution in [2.75, 3.05) is 0 Å². The zero-order valence-corrected chi connectivity index (χ0v) is 8.06. The third kappa shape index (κ3) is 3.34. The molecular weight excluding hydrogens is 165 g/mol. The van der Waals surface area contributed by atoms with E-state index in [1.807, 2.05) is 13.8 Å². The number of hydrogen-bond acceptors (Lipinski definition) is 3. The highest BCUT2D eigenvalue weighted by molar-refractivity contribution is 7.50. The van der Waals surface area contributed by atoms with Crippen molar-refractivity contribution in [2.24, 2.45) is 5.92 Å². The number of quaternary nitrogens is 1. The average Bonchev–Trinajstić information content (AvgIpc) is 1.56. The van der Waals surface area contributed by atoms with E-state index in [0.29, 0.717) is 6.42 Å². The normalized spacial score (nSPS) is 18.5. The molecule has 5 heteroatoms. The van der Waals surface area contributed by atoms with Crippen molar-refractivity contribution >= 4 is 7.60 Å². The van der Waals surface area contributed by atoms with Gasteiger partial charge in [0.15, 0.2) is 0 Å². The van der Waals surface area contributed by atoms with E-state index in [1.54, 1.807) is 0 Å².